The van der Waals surface area contributed by atoms with Gasteiger partial charge in [0.1, 0.15) is 5.82 Å². The Morgan fingerprint density at radius 3 is 2.71 bits per heavy atom. The third-order valence-corrected chi connectivity index (χ3v) is 7.57. The van der Waals surface area contributed by atoms with Crippen LogP contribution in [0.5, 0.6) is 0 Å². The predicted octanol–water partition coefficient (Wildman–Crippen LogP) is 5.00. The van der Waals surface area contributed by atoms with Crippen LogP contribution in [0.4, 0.5) is 5.82 Å². The third kappa shape index (κ3) is 5.26. The second kappa shape index (κ2) is 10.6. The summed E-state index contributed by atoms with van der Waals surface area (Å²) < 4.78 is 2.69. The minimum absolute atomic E-state index is 0.202. The number of aromatic nitrogens is 4. The topological polar surface area (TPSA) is 75.4 Å². The lowest BCUT2D eigenvalue weighted by Gasteiger charge is -2.32. The number of nitrogens with zero attached hydrogens (tertiary/aromatic N) is 5. The number of thioether (sulfide) groups is 1. The highest BCUT2D eigenvalue weighted by Crippen LogP contribution is 2.31. The Morgan fingerprint density at radius 2 is 1.94 bits per heavy atom. The number of fused-ring (bicyclic) bond motifs is 1. The van der Waals surface area contributed by atoms with E-state index in [-0.39, 0.29) is 5.91 Å². The first-order valence-electron chi connectivity index (χ1n) is 11.3. The van der Waals surface area contributed by atoms with E-state index in [1.165, 1.54) is 0 Å². The first kappa shape index (κ1) is 22.9. The van der Waals surface area contributed by atoms with Crippen LogP contribution >= 0.6 is 27.7 Å². The van der Waals surface area contributed by atoms with E-state index < -0.39 is 0 Å². The van der Waals surface area contributed by atoms with Crippen molar-refractivity contribution < 1.29 is 4.79 Å². The van der Waals surface area contributed by atoms with Gasteiger partial charge in [0.05, 0.1) is 16.4 Å². The molecule has 1 aliphatic heterocycles. The van der Waals surface area contributed by atoms with E-state index in [0.29, 0.717) is 18.2 Å². The van der Waals surface area contributed by atoms with E-state index in [4.69, 9.17) is 4.98 Å². The normalized spacial score (nSPS) is 14.4. The van der Waals surface area contributed by atoms with E-state index in [0.717, 1.165) is 58.0 Å². The van der Waals surface area contributed by atoms with Gasteiger partial charge in [-0.1, -0.05) is 24.3 Å². The van der Waals surface area contributed by atoms with Crippen LogP contribution in [-0.4, -0.2) is 49.2 Å². The molecule has 0 bridgehead atoms. The average molecular weight is 537 g/mol. The van der Waals surface area contributed by atoms with E-state index in [1.54, 1.807) is 24.2 Å². The van der Waals surface area contributed by atoms with Crippen molar-refractivity contribution in [3.8, 4) is 0 Å². The SMILES string of the molecule is O=C(CSc1ccccc1)N1CCC(c2cc(NCc3cccnc3)n3ncc(Br)c3n2)CC1. The number of amides is 1. The smallest absolute Gasteiger partial charge is 0.232 e. The van der Waals surface area contributed by atoms with Gasteiger partial charge in [0.2, 0.25) is 5.91 Å². The van der Waals surface area contributed by atoms with Crippen LogP contribution in [0.2, 0.25) is 0 Å². The summed E-state index contributed by atoms with van der Waals surface area (Å²) in [5.41, 5.74) is 2.93. The van der Waals surface area contributed by atoms with Gasteiger partial charge in [0.25, 0.3) is 0 Å². The van der Waals surface area contributed by atoms with Gasteiger partial charge in [0, 0.05) is 54.6 Å². The van der Waals surface area contributed by atoms with Crippen molar-refractivity contribution >= 4 is 45.1 Å². The number of hydrogen-bond acceptors (Lipinski definition) is 6. The van der Waals surface area contributed by atoms with E-state index in [9.17, 15) is 4.79 Å². The molecule has 0 saturated carbocycles. The molecule has 0 radical (unpaired) electrons. The number of hydrogen-bond donors (Lipinski definition) is 1. The molecule has 34 heavy (non-hydrogen) atoms. The summed E-state index contributed by atoms with van der Waals surface area (Å²) in [6.07, 6.45) is 7.20. The number of nitrogens with one attached hydrogen (secondary N) is 1. The zero-order valence-corrected chi connectivity index (χ0v) is 21.0. The van der Waals surface area contributed by atoms with Crippen LogP contribution < -0.4 is 5.32 Å². The molecular formula is C25H25BrN6OS. The Kier molecular flexibility index (Phi) is 7.10. The number of anilines is 1. The number of pyridine rings is 1. The second-order valence-corrected chi connectivity index (χ2v) is 10.2. The van der Waals surface area contributed by atoms with Gasteiger partial charge in [-0.05, 0) is 52.5 Å². The van der Waals surface area contributed by atoms with Crippen LogP contribution in [0.25, 0.3) is 5.65 Å². The molecule has 1 aliphatic rings. The summed E-state index contributed by atoms with van der Waals surface area (Å²) in [6, 6.07) is 16.1. The Bertz CT molecular complexity index is 1260. The van der Waals surface area contributed by atoms with E-state index in [1.807, 2.05) is 58.1 Å². The Morgan fingerprint density at radius 1 is 1.12 bits per heavy atom. The molecule has 1 aromatic carbocycles. The molecule has 1 N–H and O–H groups in total. The predicted molar refractivity (Wildman–Crippen MR) is 138 cm³/mol. The quantitative estimate of drug-likeness (QED) is 0.335. The molecule has 4 aromatic rings. The zero-order valence-electron chi connectivity index (χ0n) is 18.6. The van der Waals surface area contributed by atoms with E-state index in [2.05, 4.69) is 37.4 Å². The van der Waals surface area contributed by atoms with Crippen molar-refractivity contribution in [2.24, 2.45) is 0 Å². The molecule has 0 aliphatic carbocycles. The molecule has 3 aromatic heterocycles. The van der Waals surface area contributed by atoms with Crippen molar-refractivity contribution in [2.75, 3.05) is 24.2 Å². The number of halogens is 1. The molecule has 1 amide bonds. The molecule has 0 unspecified atom stereocenters. The van der Waals surface area contributed by atoms with Gasteiger partial charge >= 0.3 is 0 Å². The lowest BCUT2D eigenvalue weighted by atomic mass is 9.93. The van der Waals surface area contributed by atoms with Crippen LogP contribution in [0.1, 0.15) is 30.0 Å². The first-order valence-corrected chi connectivity index (χ1v) is 13.1. The number of rotatable bonds is 7. The van der Waals surface area contributed by atoms with Crippen LogP contribution in [-0.2, 0) is 11.3 Å². The monoisotopic (exact) mass is 536 g/mol. The largest absolute Gasteiger partial charge is 0.366 e. The maximum absolute atomic E-state index is 12.7. The minimum atomic E-state index is 0.202. The number of carbonyl (C=O) groups excluding carboxylic acids is 1. The number of benzene rings is 1. The molecule has 0 spiro atoms. The van der Waals surface area contributed by atoms with Gasteiger partial charge in [0.15, 0.2) is 5.65 Å². The minimum Gasteiger partial charge on any atom is -0.366 e. The zero-order chi connectivity index (χ0) is 23.3. The van der Waals surface area contributed by atoms with Gasteiger partial charge in [-0.25, -0.2) is 4.98 Å². The van der Waals surface area contributed by atoms with Crippen LogP contribution in [0.3, 0.4) is 0 Å². The van der Waals surface area contributed by atoms with Crippen molar-refractivity contribution in [3.05, 3.63) is 82.9 Å². The van der Waals surface area contributed by atoms with Crippen LogP contribution in [0, 0.1) is 0 Å². The van der Waals surface area contributed by atoms with Gasteiger partial charge in [-0.2, -0.15) is 9.61 Å². The molecule has 0 atom stereocenters. The Balaban J connectivity index is 1.25. The van der Waals surface area contributed by atoms with Gasteiger partial charge < -0.3 is 10.2 Å². The standard InChI is InChI=1S/C25H25BrN6OS/c26-21-16-29-32-23(28-15-18-5-4-10-27-14-18)13-22(30-25(21)32)19-8-11-31(12-9-19)24(33)17-34-20-6-2-1-3-7-20/h1-7,10,13-14,16,19,28H,8-9,11-12,15,17H2. The Hall–Kier alpha value is -2.91. The fourth-order valence-corrected chi connectivity index (χ4v) is 5.33. The fraction of sp³-hybridized carbons (Fsp3) is 0.280. The maximum Gasteiger partial charge on any atom is 0.232 e. The molecule has 1 saturated heterocycles. The highest BCUT2D eigenvalue weighted by atomic mass is 79.9. The summed E-state index contributed by atoms with van der Waals surface area (Å²) >= 11 is 5.18. The van der Waals surface area contributed by atoms with Crippen molar-refractivity contribution in [1.29, 1.82) is 0 Å². The molecule has 174 valence electrons. The molecular weight excluding hydrogens is 512 g/mol. The summed E-state index contributed by atoms with van der Waals surface area (Å²) in [6.45, 7) is 2.16. The number of piperidine rings is 1. The molecule has 1 fully saturated rings. The third-order valence-electron chi connectivity index (χ3n) is 6.02. The first-order chi connectivity index (χ1) is 16.7. The molecule has 9 heteroatoms. The average Bonchev–Trinajstić information content (AvgIpc) is 3.28. The number of carbonyl (C=O) groups is 1. The van der Waals surface area contributed by atoms with Gasteiger partial charge in [-0.3, -0.25) is 9.78 Å². The highest BCUT2D eigenvalue weighted by Gasteiger charge is 2.26. The number of likely N-dealkylation sites (tertiary alicyclic amines) is 1. The van der Waals surface area contributed by atoms with Crippen LogP contribution in [0.15, 0.2) is 76.5 Å². The Labute approximate surface area is 211 Å². The summed E-state index contributed by atoms with van der Waals surface area (Å²) in [5.74, 6) is 1.88. The summed E-state index contributed by atoms with van der Waals surface area (Å²) in [4.78, 5) is 24.9. The van der Waals surface area contributed by atoms with Gasteiger partial charge in [-0.15, -0.1) is 11.8 Å². The highest BCUT2D eigenvalue weighted by molar-refractivity contribution is 9.10. The lowest BCUT2D eigenvalue weighted by Crippen LogP contribution is -2.39. The van der Waals surface area contributed by atoms with Crippen molar-refractivity contribution in [2.45, 2.75) is 30.2 Å². The second-order valence-electron chi connectivity index (χ2n) is 8.27. The summed E-state index contributed by atoms with van der Waals surface area (Å²) in [7, 11) is 0. The maximum atomic E-state index is 12.7. The summed E-state index contributed by atoms with van der Waals surface area (Å²) in [5, 5.41) is 7.96. The van der Waals surface area contributed by atoms with Crippen molar-refractivity contribution in [1.82, 2.24) is 24.5 Å². The van der Waals surface area contributed by atoms with E-state index >= 15 is 0 Å². The fourth-order valence-electron chi connectivity index (χ4n) is 4.16. The van der Waals surface area contributed by atoms with Crippen molar-refractivity contribution in [3.63, 3.8) is 0 Å². The molecule has 5 rings (SSSR count). The molecule has 7 nitrogen and oxygen atoms in total. The molecule has 4 heterocycles. The lowest BCUT2D eigenvalue weighted by molar-refractivity contribution is -0.129.